The summed E-state index contributed by atoms with van der Waals surface area (Å²) in [7, 11) is 2.30. The summed E-state index contributed by atoms with van der Waals surface area (Å²) in [5.41, 5.74) is 3.57. The third-order valence-electron chi connectivity index (χ3n) is 7.42. The van der Waals surface area contributed by atoms with Crippen molar-refractivity contribution in [3.63, 3.8) is 0 Å². The second kappa shape index (κ2) is 6.77. The van der Waals surface area contributed by atoms with Gasteiger partial charge >= 0.3 is 0 Å². The largest absolute Gasteiger partial charge is 0.355 e. The van der Waals surface area contributed by atoms with Crippen molar-refractivity contribution in [3.8, 4) is 0 Å². The van der Waals surface area contributed by atoms with Crippen LogP contribution in [0.3, 0.4) is 0 Å². The molecule has 0 aliphatic carbocycles. The minimum absolute atomic E-state index is 0.462. The van der Waals surface area contributed by atoms with Gasteiger partial charge in [0.05, 0.1) is 16.9 Å². The molecule has 3 saturated heterocycles. The fraction of sp³-hybridized carbons (Fsp3) is 0.458. The Hall–Kier alpha value is -2.53. The molecule has 29 heavy (non-hydrogen) atoms. The normalized spacial score (nSPS) is 27.3. The number of fused-ring (bicyclic) bond motifs is 3. The second-order valence-corrected chi connectivity index (χ2v) is 9.01. The minimum Gasteiger partial charge on any atom is -0.355 e. The Kier molecular flexibility index (Phi) is 4.05. The molecule has 0 amide bonds. The molecule has 3 aliphatic heterocycles. The lowest BCUT2D eigenvalue weighted by molar-refractivity contribution is 0.159. The van der Waals surface area contributed by atoms with Crippen LogP contribution in [-0.4, -0.2) is 52.1 Å². The number of anilines is 1. The Morgan fingerprint density at radius 1 is 0.828 bits per heavy atom. The third kappa shape index (κ3) is 2.91. The summed E-state index contributed by atoms with van der Waals surface area (Å²) in [5, 5.41) is 1.20. The van der Waals surface area contributed by atoms with Crippen LogP contribution in [0.15, 0.2) is 48.8 Å². The molecular weight excluding hydrogens is 358 g/mol. The highest BCUT2D eigenvalue weighted by molar-refractivity contribution is 5.80. The van der Waals surface area contributed by atoms with Crippen LogP contribution in [0.1, 0.15) is 48.9 Å². The van der Waals surface area contributed by atoms with Gasteiger partial charge in [-0.15, -0.1) is 0 Å². The van der Waals surface area contributed by atoms with Crippen LogP contribution in [0, 0.1) is 0 Å². The number of nitrogens with zero attached hydrogens (tertiary/aromatic N) is 5. The number of piperidine rings is 1. The standard InChI is InChI=1S/C24H27N5/c1-28-19-7-8-20(28)13-17(12-19)23-24(26-11-10-25-23)18-14-29(15-18)22-9-6-16-4-2-3-5-21(16)27-22/h2-6,9-11,17-20H,7-8,12-15H2,1H3/t17?,19-,20+. The van der Waals surface area contributed by atoms with Crippen molar-refractivity contribution < 1.29 is 0 Å². The molecule has 148 valence electrons. The van der Waals surface area contributed by atoms with Crippen molar-refractivity contribution in [3.05, 3.63) is 60.2 Å². The van der Waals surface area contributed by atoms with Gasteiger partial charge in [-0.1, -0.05) is 18.2 Å². The maximum absolute atomic E-state index is 4.86. The van der Waals surface area contributed by atoms with E-state index in [-0.39, 0.29) is 0 Å². The Labute approximate surface area is 171 Å². The maximum atomic E-state index is 4.86. The van der Waals surface area contributed by atoms with Crippen molar-refractivity contribution in [1.29, 1.82) is 0 Å². The zero-order valence-corrected chi connectivity index (χ0v) is 16.9. The number of rotatable bonds is 3. The highest BCUT2D eigenvalue weighted by atomic mass is 15.2. The molecular formula is C24H27N5. The fourth-order valence-corrected chi connectivity index (χ4v) is 5.69. The van der Waals surface area contributed by atoms with E-state index in [2.05, 4.69) is 53.2 Å². The first-order valence-electron chi connectivity index (χ1n) is 10.9. The summed E-state index contributed by atoms with van der Waals surface area (Å²) < 4.78 is 0. The molecule has 3 atom stereocenters. The molecule has 5 nitrogen and oxygen atoms in total. The molecule has 3 aromatic rings. The van der Waals surface area contributed by atoms with Gasteiger partial charge in [0, 0.05) is 54.8 Å². The van der Waals surface area contributed by atoms with Crippen LogP contribution in [0.5, 0.6) is 0 Å². The number of hydrogen-bond acceptors (Lipinski definition) is 5. The quantitative estimate of drug-likeness (QED) is 0.683. The Bertz CT molecular complexity index is 1030. The predicted octanol–water partition coefficient (Wildman–Crippen LogP) is 3.97. The van der Waals surface area contributed by atoms with Gasteiger partial charge in [0.25, 0.3) is 0 Å². The summed E-state index contributed by atoms with van der Waals surface area (Å²) in [6.45, 7) is 1.97. The number of pyridine rings is 1. The third-order valence-corrected chi connectivity index (χ3v) is 7.42. The smallest absolute Gasteiger partial charge is 0.129 e. The Morgan fingerprint density at radius 3 is 2.28 bits per heavy atom. The molecule has 3 aliphatic rings. The number of para-hydroxylation sites is 1. The predicted molar refractivity (Wildman–Crippen MR) is 115 cm³/mol. The van der Waals surface area contributed by atoms with E-state index >= 15 is 0 Å². The van der Waals surface area contributed by atoms with E-state index in [4.69, 9.17) is 15.0 Å². The molecule has 0 saturated carbocycles. The molecule has 2 bridgehead atoms. The maximum Gasteiger partial charge on any atom is 0.129 e. The SMILES string of the molecule is CN1[C@@H]2CC[C@H]1CC(c1nccnc1C1CN(c3ccc4ccccc4n3)C1)C2. The molecule has 3 fully saturated rings. The van der Waals surface area contributed by atoms with E-state index in [1.165, 1.54) is 42.5 Å². The fourth-order valence-electron chi connectivity index (χ4n) is 5.69. The number of hydrogen-bond donors (Lipinski definition) is 0. The van der Waals surface area contributed by atoms with Gasteiger partial charge in [0.15, 0.2) is 0 Å². The first kappa shape index (κ1) is 17.3. The summed E-state index contributed by atoms with van der Waals surface area (Å²) in [6, 6.07) is 14.1. The van der Waals surface area contributed by atoms with E-state index in [0.29, 0.717) is 11.8 Å². The van der Waals surface area contributed by atoms with Gasteiger partial charge in [0.1, 0.15) is 5.82 Å². The van der Waals surface area contributed by atoms with Crippen molar-refractivity contribution >= 4 is 16.7 Å². The van der Waals surface area contributed by atoms with Crippen molar-refractivity contribution in [2.45, 2.75) is 49.6 Å². The summed E-state index contributed by atoms with van der Waals surface area (Å²) in [6.07, 6.45) is 8.93. The lowest BCUT2D eigenvalue weighted by Crippen LogP contribution is -2.46. The van der Waals surface area contributed by atoms with E-state index in [1.54, 1.807) is 0 Å². The van der Waals surface area contributed by atoms with Crippen LogP contribution in [-0.2, 0) is 0 Å². The van der Waals surface area contributed by atoms with Crippen molar-refractivity contribution in [2.24, 2.45) is 0 Å². The van der Waals surface area contributed by atoms with Crippen LogP contribution in [0.4, 0.5) is 5.82 Å². The molecule has 6 rings (SSSR count). The van der Waals surface area contributed by atoms with Gasteiger partial charge in [-0.3, -0.25) is 9.97 Å². The lowest BCUT2D eigenvalue weighted by atomic mass is 9.83. The molecule has 0 N–H and O–H groups in total. The van der Waals surface area contributed by atoms with Gasteiger partial charge in [0.2, 0.25) is 0 Å². The highest BCUT2D eigenvalue weighted by Gasteiger charge is 2.41. The number of aromatic nitrogens is 3. The first-order chi connectivity index (χ1) is 14.3. The molecule has 1 aromatic carbocycles. The Morgan fingerprint density at radius 2 is 1.52 bits per heavy atom. The minimum atomic E-state index is 0.462. The molecule has 1 unspecified atom stereocenters. The summed E-state index contributed by atoms with van der Waals surface area (Å²) in [4.78, 5) is 19.5. The zero-order valence-electron chi connectivity index (χ0n) is 16.9. The summed E-state index contributed by atoms with van der Waals surface area (Å²) >= 11 is 0. The molecule has 5 heteroatoms. The van der Waals surface area contributed by atoms with Gasteiger partial charge in [-0.25, -0.2) is 4.98 Å². The van der Waals surface area contributed by atoms with Crippen LogP contribution in [0.25, 0.3) is 10.9 Å². The van der Waals surface area contributed by atoms with Gasteiger partial charge < -0.3 is 9.80 Å². The van der Waals surface area contributed by atoms with Crippen LogP contribution in [0.2, 0.25) is 0 Å². The van der Waals surface area contributed by atoms with E-state index in [1.807, 2.05) is 12.4 Å². The van der Waals surface area contributed by atoms with Crippen LogP contribution < -0.4 is 4.90 Å². The second-order valence-electron chi connectivity index (χ2n) is 9.01. The monoisotopic (exact) mass is 385 g/mol. The Balaban J connectivity index is 1.21. The summed E-state index contributed by atoms with van der Waals surface area (Å²) in [5.74, 6) is 2.10. The van der Waals surface area contributed by atoms with Crippen molar-refractivity contribution in [1.82, 2.24) is 19.9 Å². The van der Waals surface area contributed by atoms with Crippen LogP contribution >= 0.6 is 0 Å². The molecule has 5 heterocycles. The van der Waals surface area contributed by atoms with Gasteiger partial charge in [-0.05, 0) is 50.9 Å². The van der Waals surface area contributed by atoms with Gasteiger partial charge in [-0.2, -0.15) is 0 Å². The lowest BCUT2D eigenvalue weighted by Gasteiger charge is -2.42. The van der Waals surface area contributed by atoms with E-state index in [0.717, 1.165) is 36.5 Å². The average Bonchev–Trinajstić information content (AvgIpc) is 2.93. The number of benzene rings is 1. The average molecular weight is 386 g/mol. The molecule has 2 aromatic heterocycles. The zero-order chi connectivity index (χ0) is 19.4. The van der Waals surface area contributed by atoms with Crippen molar-refractivity contribution in [2.75, 3.05) is 25.0 Å². The molecule has 0 spiro atoms. The topological polar surface area (TPSA) is 45.2 Å². The molecule has 0 radical (unpaired) electrons. The van der Waals surface area contributed by atoms with E-state index in [9.17, 15) is 0 Å². The highest BCUT2D eigenvalue weighted by Crippen LogP contribution is 2.43. The first-order valence-corrected chi connectivity index (χ1v) is 10.9. The van der Waals surface area contributed by atoms with E-state index < -0.39 is 0 Å².